The van der Waals surface area contributed by atoms with Crippen molar-refractivity contribution in [3.05, 3.63) is 81.6 Å². The number of aliphatic hydroxyl groups is 1. The number of nitrogens with zero attached hydrogens (tertiary/aromatic N) is 3. The van der Waals surface area contributed by atoms with Gasteiger partial charge >= 0.3 is 5.91 Å². The molecule has 0 aliphatic carbocycles. The minimum Gasteiger partial charge on any atom is -0.507 e. The van der Waals surface area contributed by atoms with Crippen molar-refractivity contribution < 1.29 is 24.2 Å². The van der Waals surface area contributed by atoms with Gasteiger partial charge in [0, 0.05) is 12.4 Å². The van der Waals surface area contributed by atoms with Crippen molar-refractivity contribution in [2.45, 2.75) is 6.04 Å². The number of carbonyl (C=O) groups is 2. The van der Waals surface area contributed by atoms with E-state index in [1.165, 1.54) is 48.9 Å². The zero-order valence-corrected chi connectivity index (χ0v) is 21.2. The van der Waals surface area contributed by atoms with Crippen LogP contribution in [0, 0.1) is 0 Å². The van der Waals surface area contributed by atoms with Gasteiger partial charge in [-0.3, -0.25) is 19.5 Å². The van der Waals surface area contributed by atoms with Gasteiger partial charge in [0.2, 0.25) is 0 Å². The second kappa shape index (κ2) is 9.42. The summed E-state index contributed by atoms with van der Waals surface area (Å²) < 4.78 is 11.5. The van der Waals surface area contributed by atoms with E-state index in [0.717, 1.165) is 4.70 Å². The van der Waals surface area contributed by atoms with Crippen LogP contribution in [-0.4, -0.2) is 41.0 Å². The number of benzene rings is 2. The number of methoxy groups -OCH3 is 2. The summed E-state index contributed by atoms with van der Waals surface area (Å²) in [6, 6.07) is 11.1. The van der Waals surface area contributed by atoms with Crippen molar-refractivity contribution in [1.82, 2.24) is 9.97 Å². The highest BCUT2D eigenvalue weighted by molar-refractivity contribution is 7.22. The number of Topliss-reactive ketones (excluding diaryl/α,β-unsaturated/α-hetero) is 1. The Hall–Kier alpha value is -3.66. The first kappa shape index (κ1) is 24.1. The highest BCUT2D eigenvalue weighted by Gasteiger charge is 2.48. The predicted octanol–water partition coefficient (Wildman–Crippen LogP) is 5.64. The quantitative estimate of drug-likeness (QED) is 0.198. The third-order valence-corrected chi connectivity index (χ3v) is 7.41. The highest BCUT2D eigenvalue weighted by atomic mass is 35.5. The number of aliphatic hydroxyl groups excluding tert-OH is 1. The minimum atomic E-state index is -0.988. The number of ketones is 1. The van der Waals surface area contributed by atoms with E-state index >= 15 is 0 Å². The third-order valence-electron chi connectivity index (χ3n) is 5.75. The van der Waals surface area contributed by atoms with Crippen molar-refractivity contribution in [2.24, 2.45) is 0 Å². The van der Waals surface area contributed by atoms with E-state index in [1.54, 1.807) is 12.1 Å². The van der Waals surface area contributed by atoms with E-state index in [0.29, 0.717) is 16.2 Å². The van der Waals surface area contributed by atoms with Gasteiger partial charge in [-0.15, -0.1) is 0 Å². The Morgan fingerprint density at radius 2 is 1.75 bits per heavy atom. The monoisotopic (exact) mass is 541 g/mol. The van der Waals surface area contributed by atoms with E-state index in [1.807, 2.05) is 24.3 Å². The topological polar surface area (TPSA) is 102 Å². The summed E-state index contributed by atoms with van der Waals surface area (Å²) in [6.45, 7) is 0. The maximum absolute atomic E-state index is 13.4. The lowest BCUT2D eigenvalue weighted by Gasteiger charge is -2.23. The number of ether oxygens (including phenoxy) is 2. The van der Waals surface area contributed by atoms with Crippen LogP contribution in [0.5, 0.6) is 11.5 Å². The number of hydrogen-bond acceptors (Lipinski definition) is 8. The molecular formula is C25H17Cl2N3O5S. The molecule has 2 aromatic carbocycles. The second-order valence-electron chi connectivity index (χ2n) is 7.70. The molecular weight excluding hydrogens is 525 g/mol. The molecule has 5 rings (SSSR count). The zero-order valence-electron chi connectivity index (χ0n) is 18.9. The molecule has 3 heterocycles. The zero-order chi connectivity index (χ0) is 25.6. The van der Waals surface area contributed by atoms with Crippen LogP contribution < -0.4 is 14.4 Å². The summed E-state index contributed by atoms with van der Waals surface area (Å²) in [5.74, 6) is -2.04. The minimum absolute atomic E-state index is 0.00918. The van der Waals surface area contributed by atoms with Gasteiger partial charge in [-0.1, -0.05) is 46.7 Å². The summed E-state index contributed by atoms with van der Waals surface area (Å²) >= 11 is 14.0. The molecule has 36 heavy (non-hydrogen) atoms. The number of hydrogen-bond donors (Lipinski definition) is 1. The summed E-state index contributed by atoms with van der Waals surface area (Å²) in [5, 5.41) is 11.9. The average Bonchev–Trinajstić information content (AvgIpc) is 3.42. The number of amides is 1. The normalized spacial score (nSPS) is 17.1. The molecule has 1 atom stereocenters. The van der Waals surface area contributed by atoms with Gasteiger partial charge in [-0.25, -0.2) is 4.98 Å². The van der Waals surface area contributed by atoms with Crippen LogP contribution >= 0.6 is 34.5 Å². The molecule has 1 unspecified atom stereocenters. The van der Waals surface area contributed by atoms with Crippen LogP contribution in [0.15, 0.2) is 60.4 Å². The molecule has 0 bridgehead atoms. The van der Waals surface area contributed by atoms with Gasteiger partial charge in [0.1, 0.15) is 10.8 Å². The number of carbonyl (C=O) groups excluding carboxylic acids is 2. The van der Waals surface area contributed by atoms with Gasteiger partial charge in [-0.05, 0) is 35.9 Å². The SMILES string of the molecule is COc1c(Cl)cc(/C(O)=C2\C(=O)C(=O)N(c3nc4ccccc4s3)C2c2ccncc2)c(OC)c1Cl. The summed E-state index contributed by atoms with van der Waals surface area (Å²) in [4.78, 5) is 36.7. The number of fused-ring (bicyclic) bond motifs is 1. The Balaban J connectivity index is 1.77. The van der Waals surface area contributed by atoms with Crippen LogP contribution in [0.2, 0.25) is 10.0 Å². The Morgan fingerprint density at radius 3 is 2.42 bits per heavy atom. The molecule has 1 N–H and O–H groups in total. The summed E-state index contributed by atoms with van der Waals surface area (Å²) in [7, 11) is 2.74. The Bertz CT molecular complexity index is 1520. The lowest BCUT2D eigenvalue weighted by atomic mass is 9.95. The Labute approximate surface area is 219 Å². The maximum atomic E-state index is 13.4. The fraction of sp³-hybridized carbons (Fsp3) is 0.120. The van der Waals surface area contributed by atoms with Gasteiger partial charge in [0.15, 0.2) is 16.6 Å². The lowest BCUT2D eigenvalue weighted by molar-refractivity contribution is -0.132. The molecule has 182 valence electrons. The summed E-state index contributed by atoms with van der Waals surface area (Å²) in [6.07, 6.45) is 3.07. The van der Waals surface area contributed by atoms with E-state index in [9.17, 15) is 14.7 Å². The van der Waals surface area contributed by atoms with Gasteiger partial charge < -0.3 is 14.6 Å². The van der Waals surface area contributed by atoms with Crippen molar-refractivity contribution in [3.8, 4) is 11.5 Å². The van der Waals surface area contributed by atoms with Crippen molar-refractivity contribution in [2.75, 3.05) is 19.1 Å². The Kier molecular flexibility index (Phi) is 6.29. The molecule has 0 radical (unpaired) electrons. The first-order valence-electron chi connectivity index (χ1n) is 10.5. The first-order valence-corrected chi connectivity index (χ1v) is 12.1. The van der Waals surface area contributed by atoms with Crippen LogP contribution in [0.25, 0.3) is 16.0 Å². The molecule has 0 spiro atoms. The van der Waals surface area contributed by atoms with Gasteiger partial charge in [0.25, 0.3) is 5.78 Å². The van der Waals surface area contributed by atoms with E-state index in [4.69, 9.17) is 32.7 Å². The summed E-state index contributed by atoms with van der Waals surface area (Å²) in [5.41, 5.74) is 1.11. The number of rotatable bonds is 5. The Morgan fingerprint density at radius 1 is 1.06 bits per heavy atom. The van der Waals surface area contributed by atoms with E-state index < -0.39 is 23.5 Å². The van der Waals surface area contributed by atoms with Gasteiger partial charge in [-0.2, -0.15) is 0 Å². The average molecular weight is 542 g/mol. The first-order chi connectivity index (χ1) is 17.4. The van der Waals surface area contributed by atoms with Crippen LogP contribution in [-0.2, 0) is 9.59 Å². The van der Waals surface area contributed by atoms with E-state index in [-0.39, 0.29) is 32.7 Å². The largest absolute Gasteiger partial charge is 0.507 e. The number of thiazole rings is 1. The molecule has 4 aromatic rings. The van der Waals surface area contributed by atoms with Gasteiger partial charge in [0.05, 0.1) is 46.6 Å². The predicted molar refractivity (Wildman–Crippen MR) is 138 cm³/mol. The molecule has 2 aromatic heterocycles. The third kappa shape index (κ3) is 3.76. The van der Waals surface area contributed by atoms with Crippen molar-refractivity contribution in [1.29, 1.82) is 0 Å². The molecule has 1 aliphatic heterocycles. The standard InChI is InChI=1S/C25H17Cl2N3O5S/c1-34-22-13(11-14(26)23(35-2)18(22)27)20(31)17-19(12-7-9-28-10-8-12)30(24(33)21(17)32)25-29-15-5-3-4-6-16(15)36-25/h3-11,19,31H,1-2H3/b20-17+. The fourth-order valence-corrected chi connectivity index (χ4v) is 5.82. The van der Waals surface area contributed by atoms with Crippen molar-refractivity contribution >= 4 is 67.3 Å². The molecule has 0 saturated carbocycles. The fourth-order valence-electron chi connectivity index (χ4n) is 4.15. The highest BCUT2D eigenvalue weighted by Crippen LogP contribution is 2.48. The lowest BCUT2D eigenvalue weighted by Crippen LogP contribution is -2.29. The van der Waals surface area contributed by atoms with Crippen LogP contribution in [0.4, 0.5) is 5.13 Å². The second-order valence-corrected chi connectivity index (χ2v) is 9.49. The maximum Gasteiger partial charge on any atom is 0.301 e. The van der Waals surface area contributed by atoms with E-state index in [2.05, 4.69) is 9.97 Å². The van der Waals surface area contributed by atoms with Crippen LogP contribution in [0.3, 0.4) is 0 Å². The molecule has 11 heteroatoms. The molecule has 1 saturated heterocycles. The smallest absolute Gasteiger partial charge is 0.301 e. The molecule has 1 amide bonds. The molecule has 8 nitrogen and oxygen atoms in total. The van der Waals surface area contributed by atoms with Crippen LogP contribution in [0.1, 0.15) is 17.2 Å². The number of para-hydroxylation sites is 1. The van der Waals surface area contributed by atoms with Crippen molar-refractivity contribution in [3.63, 3.8) is 0 Å². The molecule has 1 fully saturated rings. The number of anilines is 1. The number of pyridine rings is 1. The number of halogens is 2. The number of aromatic nitrogens is 2. The molecule has 1 aliphatic rings.